The number of nitrogen functional groups attached to an aromatic ring is 1. The van der Waals surface area contributed by atoms with Crippen molar-refractivity contribution in [1.82, 2.24) is 9.97 Å². The van der Waals surface area contributed by atoms with Crippen LogP contribution < -0.4 is 11.1 Å². The summed E-state index contributed by atoms with van der Waals surface area (Å²) in [5, 5.41) is 3.23. The lowest BCUT2D eigenvalue weighted by Gasteiger charge is -2.10. The quantitative estimate of drug-likeness (QED) is 0.709. The second kappa shape index (κ2) is 7.06. The third-order valence-electron chi connectivity index (χ3n) is 2.33. The van der Waals surface area contributed by atoms with Gasteiger partial charge in [0.2, 0.25) is 0 Å². The highest BCUT2D eigenvalue weighted by Crippen LogP contribution is 2.14. The van der Waals surface area contributed by atoms with Crippen molar-refractivity contribution >= 4 is 11.6 Å². The molecule has 1 aromatic heterocycles. The molecule has 3 N–H and O–H groups in total. The average Bonchev–Trinajstić information content (AvgIpc) is 2.28. The molecule has 0 aliphatic carbocycles. The Labute approximate surface area is 103 Å². The number of nitrogens with one attached hydrogen (secondary N) is 1. The maximum Gasteiger partial charge on any atom is 0.134 e. The summed E-state index contributed by atoms with van der Waals surface area (Å²) >= 11 is 0. The van der Waals surface area contributed by atoms with Crippen molar-refractivity contribution in [3.05, 3.63) is 11.9 Å². The third-order valence-corrected chi connectivity index (χ3v) is 2.33. The van der Waals surface area contributed by atoms with Crippen LogP contribution in [0.3, 0.4) is 0 Å². The fourth-order valence-corrected chi connectivity index (χ4v) is 1.34. The minimum atomic E-state index is 0.526. The van der Waals surface area contributed by atoms with E-state index in [4.69, 9.17) is 10.5 Å². The zero-order chi connectivity index (χ0) is 12.7. The lowest BCUT2D eigenvalue weighted by atomic mass is 10.2. The molecule has 5 nitrogen and oxygen atoms in total. The topological polar surface area (TPSA) is 73.1 Å². The minimum Gasteiger partial charge on any atom is -0.383 e. The molecule has 0 unspecified atom stereocenters. The highest BCUT2D eigenvalue weighted by Gasteiger charge is 2.02. The molecular weight excluding hydrogens is 216 g/mol. The van der Waals surface area contributed by atoms with Crippen molar-refractivity contribution in [2.75, 3.05) is 30.8 Å². The smallest absolute Gasteiger partial charge is 0.134 e. The first-order chi connectivity index (χ1) is 8.11. The molecule has 0 radical (unpaired) electrons. The number of hydrogen-bond acceptors (Lipinski definition) is 5. The number of rotatable bonds is 7. The first kappa shape index (κ1) is 13.7. The van der Waals surface area contributed by atoms with Crippen LogP contribution in [0.4, 0.5) is 11.6 Å². The summed E-state index contributed by atoms with van der Waals surface area (Å²) in [6.07, 6.45) is 2.43. The van der Waals surface area contributed by atoms with Gasteiger partial charge in [0.15, 0.2) is 0 Å². The maximum atomic E-state index is 5.69. The summed E-state index contributed by atoms with van der Waals surface area (Å²) in [6.45, 7) is 8.61. The SMILES string of the molecule is Cc1c(N)ncnc1NCCCOCC(C)C. The summed E-state index contributed by atoms with van der Waals surface area (Å²) in [5.74, 6) is 1.92. The van der Waals surface area contributed by atoms with E-state index in [9.17, 15) is 0 Å². The number of aromatic nitrogens is 2. The van der Waals surface area contributed by atoms with Gasteiger partial charge in [0.1, 0.15) is 18.0 Å². The molecule has 0 aromatic carbocycles. The molecule has 0 amide bonds. The van der Waals surface area contributed by atoms with Gasteiger partial charge in [-0.25, -0.2) is 9.97 Å². The molecule has 1 heterocycles. The van der Waals surface area contributed by atoms with Gasteiger partial charge in [-0.2, -0.15) is 0 Å². The predicted octanol–water partition coefficient (Wildman–Crippen LogP) is 1.84. The molecule has 0 aliphatic heterocycles. The Balaban J connectivity index is 2.20. The number of anilines is 2. The van der Waals surface area contributed by atoms with Gasteiger partial charge in [0.25, 0.3) is 0 Å². The molecule has 96 valence electrons. The van der Waals surface area contributed by atoms with E-state index in [0.29, 0.717) is 11.7 Å². The molecule has 17 heavy (non-hydrogen) atoms. The second-order valence-electron chi connectivity index (χ2n) is 4.48. The number of nitrogens with zero attached hydrogens (tertiary/aromatic N) is 2. The Kier molecular flexibility index (Phi) is 5.69. The van der Waals surface area contributed by atoms with Gasteiger partial charge in [-0.1, -0.05) is 13.8 Å². The van der Waals surface area contributed by atoms with Crippen molar-refractivity contribution in [3.8, 4) is 0 Å². The van der Waals surface area contributed by atoms with E-state index in [1.54, 1.807) is 0 Å². The first-order valence-electron chi connectivity index (χ1n) is 6.00. The minimum absolute atomic E-state index is 0.526. The molecule has 1 aromatic rings. The molecule has 0 spiro atoms. The molecule has 0 aliphatic rings. The molecule has 0 saturated heterocycles. The predicted molar refractivity (Wildman–Crippen MR) is 69.9 cm³/mol. The first-order valence-corrected chi connectivity index (χ1v) is 6.00. The van der Waals surface area contributed by atoms with E-state index in [0.717, 1.165) is 37.6 Å². The summed E-state index contributed by atoms with van der Waals surface area (Å²) in [6, 6.07) is 0. The van der Waals surface area contributed by atoms with Gasteiger partial charge in [0, 0.05) is 25.3 Å². The highest BCUT2D eigenvalue weighted by atomic mass is 16.5. The summed E-state index contributed by atoms with van der Waals surface area (Å²) < 4.78 is 5.49. The Morgan fingerprint density at radius 1 is 1.41 bits per heavy atom. The van der Waals surface area contributed by atoms with Crippen molar-refractivity contribution in [1.29, 1.82) is 0 Å². The van der Waals surface area contributed by atoms with Crippen molar-refractivity contribution < 1.29 is 4.74 Å². The van der Waals surface area contributed by atoms with E-state index >= 15 is 0 Å². The Morgan fingerprint density at radius 2 is 2.18 bits per heavy atom. The van der Waals surface area contributed by atoms with Crippen LogP contribution in [0.2, 0.25) is 0 Å². The van der Waals surface area contributed by atoms with Gasteiger partial charge < -0.3 is 15.8 Å². The van der Waals surface area contributed by atoms with Crippen LogP contribution in [0.1, 0.15) is 25.8 Å². The maximum absolute atomic E-state index is 5.69. The molecule has 0 atom stereocenters. The van der Waals surface area contributed by atoms with Crippen LogP contribution >= 0.6 is 0 Å². The molecule has 0 saturated carbocycles. The van der Waals surface area contributed by atoms with Crippen LogP contribution in [-0.4, -0.2) is 29.7 Å². The van der Waals surface area contributed by atoms with Crippen molar-refractivity contribution in [2.45, 2.75) is 27.2 Å². The lowest BCUT2D eigenvalue weighted by Crippen LogP contribution is -2.11. The van der Waals surface area contributed by atoms with Crippen LogP contribution in [-0.2, 0) is 4.74 Å². The van der Waals surface area contributed by atoms with Gasteiger partial charge in [-0.15, -0.1) is 0 Å². The molecule has 5 heteroatoms. The molecule has 1 rings (SSSR count). The van der Waals surface area contributed by atoms with Crippen LogP contribution in [0, 0.1) is 12.8 Å². The van der Waals surface area contributed by atoms with Crippen molar-refractivity contribution in [2.24, 2.45) is 5.92 Å². The van der Waals surface area contributed by atoms with Crippen LogP contribution in [0.5, 0.6) is 0 Å². The number of nitrogens with two attached hydrogens (primary N) is 1. The number of hydrogen-bond donors (Lipinski definition) is 2. The largest absolute Gasteiger partial charge is 0.383 e. The fraction of sp³-hybridized carbons (Fsp3) is 0.667. The van der Waals surface area contributed by atoms with Crippen LogP contribution in [0.15, 0.2) is 6.33 Å². The van der Waals surface area contributed by atoms with Crippen LogP contribution in [0.25, 0.3) is 0 Å². The Morgan fingerprint density at radius 3 is 2.88 bits per heavy atom. The monoisotopic (exact) mass is 238 g/mol. The third kappa shape index (κ3) is 4.99. The fourth-order valence-electron chi connectivity index (χ4n) is 1.34. The zero-order valence-corrected chi connectivity index (χ0v) is 10.9. The van der Waals surface area contributed by atoms with E-state index in [-0.39, 0.29) is 0 Å². The standard InChI is InChI=1S/C12H22N4O/c1-9(2)7-17-6-4-5-14-12-10(3)11(13)15-8-16-12/h8-9H,4-7H2,1-3H3,(H3,13,14,15,16). The highest BCUT2D eigenvalue weighted by molar-refractivity contribution is 5.53. The summed E-state index contributed by atoms with van der Waals surface area (Å²) in [5.41, 5.74) is 6.59. The lowest BCUT2D eigenvalue weighted by molar-refractivity contribution is 0.110. The summed E-state index contributed by atoms with van der Waals surface area (Å²) in [4.78, 5) is 8.06. The number of ether oxygens (including phenoxy) is 1. The zero-order valence-electron chi connectivity index (χ0n) is 10.9. The van der Waals surface area contributed by atoms with Gasteiger partial charge >= 0.3 is 0 Å². The normalized spacial score (nSPS) is 10.8. The van der Waals surface area contributed by atoms with Gasteiger partial charge in [-0.05, 0) is 19.3 Å². The molecule has 0 bridgehead atoms. The molecular formula is C12H22N4O. The van der Waals surface area contributed by atoms with E-state index < -0.39 is 0 Å². The van der Waals surface area contributed by atoms with Crippen molar-refractivity contribution in [3.63, 3.8) is 0 Å². The van der Waals surface area contributed by atoms with Gasteiger partial charge in [-0.3, -0.25) is 0 Å². The Hall–Kier alpha value is -1.36. The van der Waals surface area contributed by atoms with Gasteiger partial charge in [0.05, 0.1) is 0 Å². The van der Waals surface area contributed by atoms with E-state index in [2.05, 4.69) is 29.1 Å². The average molecular weight is 238 g/mol. The Bertz CT molecular complexity index is 341. The van der Waals surface area contributed by atoms with E-state index in [1.807, 2.05) is 6.92 Å². The summed E-state index contributed by atoms with van der Waals surface area (Å²) in [7, 11) is 0. The second-order valence-corrected chi connectivity index (χ2v) is 4.48. The molecule has 0 fully saturated rings. The van der Waals surface area contributed by atoms with E-state index in [1.165, 1.54) is 6.33 Å².